The molecule has 0 aromatic heterocycles. The Kier molecular flexibility index (Phi) is 6.17. The summed E-state index contributed by atoms with van der Waals surface area (Å²) in [5, 5.41) is 9.92. The molecule has 1 N–H and O–H groups in total. The van der Waals surface area contributed by atoms with E-state index in [1.54, 1.807) is 0 Å². The second kappa shape index (κ2) is 8.13. The van der Waals surface area contributed by atoms with Crippen LogP contribution in [-0.2, 0) is 4.79 Å². The summed E-state index contributed by atoms with van der Waals surface area (Å²) < 4.78 is 39.4. The van der Waals surface area contributed by atoms with Gasteiger partial charge in [0.2, 0.25) is 0 Å². The molecule has 3 fully saturated rings. The van der Waals surface area contributed by atoms with Crippen molar-refractivity contribution in [2.24, 2.45) is 40.4 Å². The van der Waals surface area contributed by atoms with Crippen molar-refractivity contribution in [1.82, 2.24) is 0 Å². The molecule has 0 aromatic rings. The number of hydrogen-bond donors (Lipinski definition) is 1. The number of carbonyl (C=O) groups is 1. The van der Waals surface area contributed by atoms with E-state index in [1.807, 2.05) is 0 Å². The van der Waals surface area contributed by atoms with Gasteiger partial charge in [0, 0.05) is 12.8 Å². The second-order valence-corrected chi connectivity index (χ2v) is 12.3. The lowest BCUT2D eigenvalue weighted by Gasteiger charge is -2.57. The van der Waals surface area contributed by atoms with Crippen LogP contribution in [0.25, 0.3) is 0 Å². The van der Waals surface area contributed by atoms with Gasteiger partial charge in [0.25, 0.3) is 0 Å². The second-order valence-electron chi connectivity index (χ2n) is 12.3. The summed E-state index contributed by atoms with van der Waals surface area (Å²) in [7, 11) is 0. The van der Waals surface area contributed by atoms with Crippen molar-refractivity contribution in [1.29, 1.82) is 0 Å². The summed E-state index contributed by atoms with van der Waals surface area (Å²) in [6, 6.07) is 0. The predicted molar refractivity (Wildman–Crippen MR) is 120 cm³/mol. The van der Waals surface area contributed by atoms with Crippen molar-refractivity contribution in [2.75, 3.05) is 0 Å². The molecule has 0 unspecified atom stereocenters. The molecule has 4 aliphatic carbocycles. The van der Waals surface area contributed by atoms with Crippen LogP contribution in [0, 0.1) is 40.4 Å². The van der Waals surface area contributed by atoms with Gasteiger partial charge in [0.1, 0.15) is 5.78 Å². The van der Waals surface area contributed by atoms with E-state index < -0.39 is 11.8 Å². The van der Waals surface area contributed by atoms with Crippen molar-refractivity contribution < 1.29 is 23.1 Å². The van der Waals surface area contributed by atoms with E-state index in [1.165, 1.54) is 18.4 Å². The van der Waals surface area contributed by atoms with Gasteiger partial charge < -0.3 is 5.11 Å². The number of rotatable bonds is 4. The molecule has 0 saturated heterocycles. The van der Waals surface area contributed by atoms with Gasteiger partial charge in [-0.3, -0.25) is 4.79 Å². The molecule has 0 heterocycles. The Morgan fingerprint density at radius 1 is 1.09 bits per heavy atom. The summed E-state index contributed by atoms with van der Waals surface area (Å²) in [4.78, 5) is 12.2. The van der Waals surface area contributed by atoms with Crippen LogP contribution >= 0.6 is 0 Å². The fourth-order valence-corrected chi connectivity index (χ4v) is 8.52. The quantitative estimate of drug-likeness (QED) is 0.454. The predicted octanol–water partition coefficient (Wildman–Crippen LogP) is 7.25. The highest BCUT2D eigenvalue weighted by atomic mass is 19.4. The summed E-state index contributed by atoms with van der Waals surface area (Å²) >= 11 is 0. The van der Waals surface area contributed by atoms with Crippen molar-refractivity contribution in [3.8, 4) is 0 Å². The van der Waals surface area contributed by atoms with Crippen LogP contribution in [0.1, 0.15) is 98.3 Å². The van der Waals surface area contributed by atoms with Gasteiger partial charge in [-0.2, -0.15) is 13.2 Å². The molecule has 32 heavy (non-hydrogen) atoms. The van der Waals surface area contributed by atoms with Gasteiger partial charge >= 0.3 is 6.18 Å². The van der Waals surface area contributed by atoms with E-state index >= 15 is 0 Å². The SMILES string of the molecule is C[C@H](CC[C@@](C)(O)C(F)(F)F)[C@H]1CC[C@H]2[C@@H]3CC=C4CCC(=O)CC[C@]4(C)[C@H]3CC[C@]12C. The first kappa shape index (κ1) is 24.3. The summed E-state index contributed by atoms with van der Waals surface area (Å²) in [5.41, 5.74) is -0.766. The Morgan fingerprint density at radius 2 is 1.81 bits per heavy atom. The van der Waals surface area contributed by atoms with Gasteiger partial charge in [-0.05, 0) is 105 Å². The highest BCUT2D eigenvalue weighted by molar-refractivity contribution is 5.79. The molecule has 4 rings (SSSR count). The zero-order chi connectivity index (χ0) is 23.5. The Morgan fingerprint density at radius 3 is 2.50 bits per heavy atom. The van der Waals surface area contributed by atoms with E-state index in [0.29, 0.717) is 48.7 Å². The fourth-order valence-electron chi connectivity index (χ4n) is 8.52. The first-order valence-corrected chi connectivity index (χ1v) is 12.8. The molecular weight excluding hydrogens is 413 g/mol. The monoisotopic (exact) mass is 454 g/mol. The first-order chi connectivity index (χ1) is 14.8. The number of allylic oxidation sites excluding steroid dienone is 2. The van der Waals surface area contributed by atoms with Crippen LogP contribution in [0.5, 0.6) is 0 Å². The van der Waals surface area contributed by atoms with Gasteiger partial charge in [-0.15, -0.1) is 0 Å². The number of hydrogen-bond acceptors (Lipinski definition) is 2. The zero-order valence-electron chi connectivity index (χ0n) is 20.2. The minimum absolute atomic E-state index is 0.144. The van der Waals surface area contributed by atoms with Crippen LogP contribution in [0.2, 0.25) is 0 Å². The van der Waals surface area contributed by atoms with E-state index in [0.717, 1.165) is 39.0 Å². The highest BCUT2D eigenvalue weighted by Crippen LogP contribution is 2.67. The molecule has 8 atom stereocenters. The lowest BCUT2D eigenvalue weighted by atomic mass is 9.48. The van der Waals surface area contributed by atoms with Crippen molar-refractivity contribution in [2.45, 2.75) is 110 Å². The van der Waals surface area contributed by atoms with Gasteiger partial charge in [0.15, 0.2) is 5.60 Å². The number of carbonyl (C=O) groups excluding carboxylic acids is 1. The lowest BCUT2D eigenvalue weighted by molar-refractivity contribution is -0.256. The number of ketones is 1. The first-order valence-electron chi connectivity index (χ1n) is 12.8. The standard InChI is InChI=1S/C27H41F3O2/c1-17(11-16-26(4,32)27(28,29)30)21-9-10-22-20-8-6-18-5-7-19(31)12-14-24(18,2)23(20)13-15-25(21,22)3/h6,17,20-23,32H,5,7-16H2,1-4H3/t17-,20+,21-,22+,23+,24+,25-,26-/m1/s1. The van der Waals surface area contributed by atoms with E-state index in [-0.39, 0.29) is 23.2 Å². The highest BCUT2D eigenvalue weighted by Gasteiger charge is 2.59. The maximum Gasteiger partial charge on any atom is 0.416 e. The minimum Gasteiger partial charge on any atom is -0.381 e. The lowest BCUT2D eigenvalue weighted by Crippen LogP contribution is -2.49. The van der Waals surface area contributed by atoms with Crippen molar-refractivity contribution >= 4 is 5.78 Å². The Labute approximate surface area is 191 Å². The Hall–Kier alpha value is -0.840. The molecule has 0 radical (unpaired) electrons. The number of fused-ring (bicyclic) bond motifs is 5. The molecule has 0 aliphatic heterocycles. The van der Waals surface area contributed by atoms with Crippen LogP contribution in [0.3, 0.4) is 0 Å². The van der Waals surface area contributed by atoms with Crippen molar-refractivity contribution in [3.05, 3.63) is 11.6 Å². The maximum atomic E-state index is 13.1. The van der Waals surface area contributed by atoms with Crippen molar-refractivity contribution in [3.63, 3.8) is 0 Å². The molecule has 0 aromatic carbocycles. The van der Waals surface area contributed by atoms with Crippen LogP contribution in [0.15, 0.2) is 11.6 Å². The van der Waals surface area contributed by atoms with E-state index in [4.69, 9.17) is 0 Å². The summed E-state index contributed by atoms with van der Waals surface area (Å²) in [5.74, 6) is 2.88. The topological polar surface area (TPSA) is 37.3 Å². The number of Topliss-reactive ketones (excluding diaryl/α,β-unsaturated/α-hetero) is 1. The van der Waals surface area contributed by atoms with Gasteiger partial charge in [-0.25, -0.2) is 0 Å². The van der Waals surface area contributed by atoms with Crippen LogP contribution in [0.4, 0.5) is 13.2 Å². The van der Waals surface area contributed by atoms with Crippen LogP contribution in [-0.4, -0.2) is 22.7 Å². The van der Waals surface area contributed by atoms with E-state index in [2.05, 4.69) is 26.8 Å². The number of halogens is 3. The Bertz CT molecular complexity index is 769. The molecule has 0 amide bonds. The van der Waals surface area contributed by atoms with Gasteiger partial charge in [0.05, 0.1) is 0 Å². The summed E-state index contributed by atoms with van der Waals surface area (Å²) in [6.07, 6.45) is 7.06. The van der Waals surface area contributed by atoms with E-state index in [9.17, 15) is 23.1 Å². The average molecular weight is 455 g/mol. The largest absolute Gasteiger partial charge is 0.416 e. The van der Waals surface area contributed by atoms with Gasteiger partial charge in [-0.1, -0.05) is 32.4 Å². The molecule has 0 spiro atoms. The molecule has 0 bridgehead atoms. The third kappa shape index (κ3) is 3.88. The molecule has 182 valence electrons. The molecule has 5 heteroatoms. The fraction of sp³-hybridized carbons (Fsp3) is 0.889. The summed E-state index contributed by atoms with van der Waals surface area (Å²) in [6.45, 7) is 7.83. The number of aliphatic hydroxyl groups is 1. The average Bonchev–Trinajstić information content (AvgIpc) is 2.98. The maximum absolute atomic E-state index is 13.1. The Balaban J connectivity index is 1.49. The normalized spacial score (nSPS) is 42.8. The molecule has 4 aliphatic rings. The third-order valence-electron chi connectivity index (χ3n) is 10.7. The number of alkyl halides is 3. The molecule has 2 nitrogen and oxygen atoms in total. The zero-order valence-corrected chi connectivity index (χ0v) is 20.2. The van der Waals surface area contributed by atoms with Crippen LogP contribution < -0.4 is 0 Å². The molecular formula is C27H41F3O2. The third-order valence-corrected chi connectivity index (χ3v) is 10.7. The smallest absolute Gasteiger partial charge is 0.381 e. The minimum atomic E-state index is -4.57. The molecule has 3 saturated carbocycles.